The van der Waals surface area contributed by atoms with Crippen LogP contribution in [0.4, 0.5) is 0 Å². The molecule has 0 aliphatic carbocycles. The van der Waals surface area contributed by atoms with Gasteiger partial charge in [-0.1, -0.05) is 37.2 Å². The minimum absolute atomic E-state index is 0.0336. The zero-order valence-corrected chi connectivity index (χ0v) is 14.3. The van der Waals surface area contributed by atoms with E-state index < -0.39 is 0 Å². The summed E-state index contributed by atoms with van der Waals surface area (Å²) < 4.78 is 1.98. The quantitative estimate of drug-likeness (QED) is 0.856. The third kappa shape index (κ3) is 3.92. The molecule has 1 N–H and O–H groups in total. The molecule has 0 fully saturated rings. The SMILES string of the molecule is CC(C)[C@H](C)NC(=O)CSc1nc2cc(Cl)ccc2n1C. The first-order valence-corrected chi connectivity index (χ1v) is 8.29. The first-order valence-electron chi connectivity index (χ1n) is 6.92. The van der Waals surface area contributed by atoms with E-state index in [4.69, 9.17) is 11.6 Å². The van der Waals surface area contributed by atoms with Crippen LogP contribution in [0.1, 0.15) is 20.8 Å². The molecule has 114 valence electrons. The highest BCUT2D eigenvalue weighted by atomic mass is 35.5. The first kappa shape index (κ1) is 16.2. The van der Waals surface area contributed by atoms with E-state index in [1.165, 1.54) is 11.8 Å². The van der Waals surface area contributed by atoms with Crippen LogP contribution >= 0.6 is 23.4 Å². The van der Waals surface area contributed by atoms with Gasteiger partial charge in [-0.2, -0.15) is 0 Å². The van der Waals surface area contributed by atoms with Gasteiger partial charge in [-0.15, -0.1) is 0 Å². The number of fused-ring (bicyclic) bond motifs is 1. The molecule has 0 bridgehead atoms. The number of amides is 1. The van der Waals surface area contributed by atoms with E-state index in [9.17, 15) is 4.79 Å². The molecule has 21 heavy (non-hydrogen) atoms. The fraction of sp³-hybridized carbons (Fsp3) is 0.467. The molecule has 1 aromatic carbocycles. The molecule has 1 atom stereocenters. The van der Waals surface area contributed by atoms with Gasteiger partial charge in [0.2, 0.25) is 5.91 Å². The standard InChI is InChI=1S/C15H20ClN3OS/c1-9(2)10(3)17-14(20)8-21-15-18-12-7-11(16)5-6-13(12)19(15)4/h5-7,9-10H,8H2,1-4H3,(H,17,20)/t10-/m0/s1. The predicted molar refractivity (Wildman–Crippen MR) is 88.9 cm³/mol. The van der Waals surface area contributed by atoms with Crippen molar-refractivity contribution in [2.24, 2.45) is 13.0 Å². The molecule has 2 aromatic rings. The fourth-order valence-electron chi connectivity index (χ4n) is 1.87. The number of benzene rings is 1. The maximum Gasteiger partial charge on any atom is 0.230 e. The van der Waals surface area contributed by atoms with Gasteiger partial charge in [0.25, 0.3) is 0 Å². The highest BCUT2D eigenvalue weighted by Crippen LogP contribution is 2.24. The fourth-order valence-corrected chi connectivity index (χ4v) is 2.84. The van der Waals surface area contributed by atoms with E-state index in [1.54, 1.807) is 0 Å². The number of carbonyl (C=O) groups is 1. The van der Waals surface area contributed by atoms with E-state index >= 15 is 0 Å². The van der Waals surface area contributed by atoms with Crippen LogP contribution in [0, 0.1) is 5.92 Å². The van der Waals surface area contributed by atoms with E-state index in [1.807, 2.05) is 36.7 Å². The number of hydrogen-bond donors (Lipinski definition) is 1. The molecule has 2 rings (SSSR count). The lowest BCUT2D eigenvalue weighted by Gasteiger charge is -2.17. The van der Waals surface area contributed by atoms with Crippen LogP contribution in [0.5, 0.6) is 0 Å². The number of aryl methyl sites for hydroxylation is 1. The van der Waals surface area contributed by atoms with Gasteiger partial charge in [0.15, 0.2) is 5.16 Å². The van der Waals surface area contributed by atoms with E-state index in [0.29, 0.717) is 16.7 Å². The monoisotopic (exact) mass is 325 g/mol. The predicted octanol–water partition coefficient (Wildman–Crippen LogP) is 3.48. The Balaban J connectivity index is 2.03. The third-order valence-corrected chi connectivity index (χ3v) is 4.79. The number of halogens is 1. The summed E-state index contributed by atoms with van der Waals surface area (Å²) in [5.41, 5.74) is 1.86. The van der Waals surface area contributed by atoms with Crippen LogP contribution in [-0.2, 0) is 11.8 Å². The van der Waals surface area contributed by atoms with Gasteiger partial charge in [0, 0.05) is 18.1 Å². The van der Waals surface area contributed by atoms with Crippen LogP contribution in [0.25, 0.3) is 11.0 Å². The molecule has 6 heteroatoms. The maximum absolute atomic E-state index is 11.9. The summed E-state index contributed by atoms with van der Waals surface area (Å²) in [6.07, 6.45) is 0. The van der Waals surface area contributed by atoms with Crippen molar-refractivity contribution in [3.63, 3.8) is 0 Å². The molecule has 0 unspecified atom stereocenters. The van der Waals surface area contributed by atoms with Crippen LogP contribution in [0.3, 0.4) is 0 Å². The van der Waals surface area contributed by atoms with Crippen LogP contribution < -0.4 is 5.32 Å². The Bertz CT molecular complexity index is 654. The lowest BCUT2D eigenvalue weighted by Crippen LogP contribution is -2.37. The zero-order valence-electron chi connectivity index (χ0n) is 12.7. The van der Waals surface area contributed by atoms with Crippen molar-refractivity contribution in [1.29, 1.82) is 0 Å². The molecule has 0 saturated carbocycles. The van der Waals surface area contributed by atoms with Crippen molar-refractivity contribution in [1.82, 2.24) is 14.9 Å². The molecule has 1 amide bonds. The number of hydrogen-bond acceptors (Lipinski definition) is 3. The molecule has 1 aromatic heterocycles. The smallest absolute Gasteiger partial charge is 0.230 e. The molecule has 0 spiro atoms. The first-order chi connectivity index (χ1) is 9.88. The Morgan fingerprint density at radius 2 is 2.14 bits per heavy atom. The third-order valence-electron chi connectivity index (χ3n) is 3.52. The van der Waals surface area contributed by atoms with Crippen molar-refractivity contribution < 1.29 is 4.79 Å². The summed E-state index contributed by atoms with van der Waals surface area (Å²) in [5, 5.41) is 4.48. The molecular formula is C15H20ClN3OS. The van der Waals surface area contributed by atoms with E-state index in [-0.39, 0.29) is 11.9 Å². The van der Waals surface area contributed by atoms with E-state index in [2.05, 4.69) is 24.1 Å². The largest absolute Gasteiger partial charge is 0.353 e. The topological polar surface area (TPSA) is 46.9 Å². The second-order valence-corrected chi connectivity index (χ2v) is 6.85. The average Bonchev–Trinajstić information content (AvgIpc) is 2.72. The highest BCUT2D eigenvalue weighted by Gasteiger charge is 2.13. The molecule has 0 saturated heterocycles. The highest BCUT2D eigenvalue weighted by molar-refractivity contribution is 7.99. The van der Waals surface area contributed by atoms with Crippen molar-refractivity contribution in [3.8, 4) is 0 Å². The van der Waals surface area contributed by atoms with E-state index in [0.717, 1.165) is 16.2 Å². The van der Waals surface area contributed by atoms with Gasteiger partial charge in [0.05, 0.1) is 16.8 Å². The van der Waals surface area contributed by atoms with Gasteiger partial charge >= 0.3 is 0 Å². The number of imidazole rings is 1. The van der Waals surface area contributed by atoms with Gasteiger partial charge in [0.1, 0.15) is 0 Å². The maximum atomic E-state index is 11.9. The Kier molecular flexibility index (Phi) is 5.17. The number of rotatable bonds is 5. The Morgan fingerprint density at radius 3 is 2.81 bits per heavy atom. The summed E-state index contributed by atoms with van der Waals surface area (Å²) in [4.78, 5) is 16.4. The second kappa shape index (κ2) is 6.71. The van der Waals surface area contributed by atoms with Crippen LogP contribution in [-0.4, -0.2) is 27.3 Å². The minimum Gasteiger partial charge on any atom is -0.353 e. The Hall–Kier alpha value is -1.20. The van der Waals surface area contributed by atoms with Crippen molar-refractivity contribution in [2.75, 3.05) is 5.75 Å². The summed E-state index contributed by atoms with van der Waals surface area (Å²) >= 11 is 7.41. The Labute approximate surface area is 134 Å². The lowest BCUT2D eigenvalue weighted by molar-refractivity contribution is -0.119. The summed E-state index contributed by atoms with van der Waals surface area (Å²) in [6, 6.07) is 5.80. The Morgan fingerprint density at radius 1 is 1.43 bits per heavy atom. The number of carbonyl (C=O) groups excluding carboxylic acids is 1. The molecule has 1 heterocycles. The molecular weight excluding hydrogens is 306 g/mol. The minimum atomic E-state index is 0.0336. The molecule has 0 aliphatic rings. The van der Waals surface area contributed by atoms with Crippen molar-refractivity contribution in [3.05, 3.63) is 23.2 Å². The number of aromatic nitrogens is 2. The summed E-state index contributed by atoms with van der Waals surface area (Å²) in [6.45, 7) is 6.20. The molecule has 4 nitrogen and oxygen atoms in total. The molecule has 0 aliphatic heterocycles. The summed E-state index contributed by atoms with van der Waals surface area (Å²) in [5.74, 6) is 0.824. The number of nitrogens with one attached hydrogen (secondary N) is 1. The van der Waals surface area contributed by atoms with Gasteiger partial charge in [-0.3, -0.25) is 4.79 Å². The second-order valence-electron chi connectivity index (χ2n) is 5.48. The van der Waals surface area contributed by atoms with Crippen molar-refractivity contribution >= 4 is 40.3 Å². The van der Waals surface area contributed by atoms with Crippen LogP contribution in [0.15, 0.2) is 23.4 Å². The summed E-state index contributed by atoms with van der Waals surface area (Å²) in [7, 11) is 1.94. The zero-order chi connectivity index (χ0) is 15.6. The number of thioether (sulfide) groups is 1. The van der Waals surface area contributed by atoms with Crippen molar-refractivity contribution in [2.45, 2.75) is 32.0 Å². The number of nitrogens with zero attached hydrogens (tertiary/aromatic N) is 2. The van der Waals surface area contributed by atoms with Crippen LogP contribution in [0.2, 0.25) is 5.02 Å². The average molecular weight is 326 g/mol. The normalized spacial score (nSPS) is 12.9. The van der Waals surface area contributed by atoms with Gasteiger partial charge in [-0.25, -0.2) is 4.98 Å². The van der Waals surface area contributed by atoms with Gasteiger partial charge < -0.3 is 9.88 Å². The molecule has 0 radical (unpaired) electrons. The lowest BCUT2D eigenvalue weighted by atomic mass is 10.1. The van der Waals surface area contributed by atoms with Gasteiger partial charge in [-0.05, 0) is 31.0 Å².